The van der Waals surface area contributed by atoms with E-state index in [2.05, 4.69) is 0 Å². The van der Waals surface area contributed by atoms with E-state index in [-0.39, 0.29) is 13.2 Å². The van der Waals surface area contributed by atoms with Gasteiger partial charge >= 0.3 is 13.2 Å². The summed E-state index contributed by atoms with van der Waals surface area (Å²) in [6.45, 7) is 12.0. The molecule has 2 saturated heterocycles. The number of cyclic esters (lactones) is 1. The quantitative estimate of drug-likeness (QED) is 0.810. The number of carbonyl (C=O) groups is 1. The zero-order valence-corrected chi connectivity index (χ0v) is 17.2. The second-order valence-corrected chi connectivity index (χ2v) is 7.32. The smallest absolute Gasteiger partial charge is 0.494 e. The molecule has 0 aliphatic carbocycles. The minimum atomic E-state index is -0.528. The van der Waals surface area contributed by atoms with Crippen molar-refractivity contribution in [2.75, 3.05) is 25.2 Å². The minimum Gasteiger partial charge on any atom is -0.495 e. The Morgan fingerprint density at radius 1 is 1.22 bits per heavy atom. The van der Waals surface area contributed by atoms with Crippen LogP contribution in [0.2, 0.25) is 0 Å². The molecule has 7 nitrogen and oxygen atoms in total. The summed E-state index contributed by atoms with van der Waals surface area (Å²) in [6.07, 6.45) is -1.03. The van der Waals surface area contributed by atoms with Gasteiger partial charge in [-0.25, -0.2) is 4.79 Å². The summed E-state index contributed by atoms with van der Waals surface area (Å²) in [7, 11) is 1.03. The van der Waals surface area contributed by atoms with E-state index < -0.39 is 30.5 Å². The summed E-state index contributed by atoms with van der Waals surface area (Å²) in [4.78, 5) is 13.5. The summed E-state index contributed by atoms with van der Waals surface area (Å²) < 4.78 is 22.7. The summed E-state index contributed by atoms with van der Waals surface area (Å²) in [6, 6.07) is 5.43. The third-order valence-electron chi connectivity index (χ3n) is 5.10. The predicted octanol–water partition coefficient (Wildman–Crippen LogP) is 2.34. The molecule has 0 spiro atoms. The van der Waals surface area contributed by atoms with Gasteiger partial charge in [-0.3, -0.25) is 4.90 Å². The molecule has 1 aromatic carbocycles. The Labute approximate surface area is 161 Å². The first-order valence-corrected chi connectivity index (χ1v) is 9.31. The van der Waals surface area contributed by atoms with E-state index in [1.807, 2.05) is 47.6 Å². The molecule has 1 aromatic rings. The van der Waals surface area contributed by atoms with Gasteiger partial charge in [0.15, 0.2) is 0 Å². The lowest BCUT2D eigenvalue weighted by Gasteiger charge is -2.32. The molecule has 2 fully saturated rings. The van der Waals surface area contributed by atoms with Crippen molar-refractivity contribution in [1.82, 2.24) is 0 Å². The molecule has 1 amide bonds. The Balaban J connectivity index is 0.00000126. The molecule has 8 heteroatoms. The molecule has 0 aromatic heterocycles. The Kier molecular flexibility index (Phi) is 6.45. The maximum absolute atomic E-state index is 12.0. The molecule has 0 bridgehead atoms. The van der Waals surface area contributed by atoms with Crippen molar-refractivity contribution in [3.8, 4) is 5.75 Å². The van der Waals surface area contributed by atoms with Crippen molar-refractivity contribution in [3.63, 3.8) is 0 Å². The fourth-order valence-electron chi connectivity index (χ4n) is 2.86. The first-order chi connectivity index (χ1) is 12.7. The van der Waals surface area contributed by atoms with Gasteiger partial charge in [0, 0.05) is 0 Å². The van der Waals surface area contributed by atoms with Crippen molar-refractivity contribution in [3.05, 3.63) is 18.2 Å². The number of rotatable bonds is 4. The van der Waals surface area contributed by atoms with E-state index in [1.165, 1.54) is 12.0 Å². The predicted molar refractivity (Wildman–Crippen MR) is 105 cm³/mol. The molecule has 150 valence electrons. The largest absolute Gasteiger partial charge is 0.495 e. The number of methoxy groups -OCH3 is 1. The van der Waals surface area contributed by atoms with Gasteiger partial charge in [0.05, 0.1) is 37.2 Å². The molecule has 27 heavy (non-hydrogen) atoms. The van der Waals surface area contributed by atoms with E-state index in [9.17, 15) is 9.90 Å². The lowest BCUT2D eigenvalue weighted by molar-refractivity contribution is 0.00578. The number of hydrogen-bond donors (Lipinski definition) is 1. The van der Waals surface area contributed by atoms with Crippen LogP contribution in [0.3, 0.4) is 0 Å². The summed E-state index contributed by atoms with van der Waals surface area (Å²) in [5, 5.41) is 9.19. The zero-order valence-electron chi connectivity index (χ0n) is 17.2. The van der Waals surface area contributed by atoms with Crippen LogP contribution in [0.1, 0.15) is 41.5 Å². The molecular weight excluding hydrogens is 349 g/mol. The van der Waals surface area contributed by atoms with Gasteiger partial charge in [0.1, 0.15) is 11.9 Å². The van der Waals surface area contributed by atoms with E-state index >= 15 is 0 Å². The fourth-order valence-corrected chi connectivity index (χ4v) is 2.86. The number of anilines is 1. The normalized spacial score (nSPS) is 23.0. The van der Waals surface area contributed by atoms with E-state index in [0.717, 1.165) is 5.46 Å². The molecule has 1 N–H and O–H groups in total. The number of carbonyl (C=O) groups excluding carboxylic acids is 1. The van der Waals surface area contributed by atoms with Crippen LogP contribution in [-0.4, -0.2) is 55.9 Å². The van der Waals surface area contributed by atoms with Crippen molar-refractivity contribution in [2.24, 2.45) is 0 Å². The van der Waals surface area contributed by atoms with Crippen LogP contribution in [0.4, 0.5) is 10.5 Å². The highest BCUT2D eigenvalue weighted by atomic mass is 16.7. The molecule has 2 heterocycles. The Morgan fingerprint density at radius 3 is 2.30 bits per heavy atom. The van der Waals surface area contributed by atoms with E-state index in [0.29, 0.717) is 11.4 Å². The maximum Gasteiger partial charge on any atom is 0.494 e. The zero-order chi connectivity index (χ0) is 20.4. The molecule has 0 radical (unpaired) electrons. The second-order valence-electron chi connectivity index (χ2n) is 7.32. The number of aliphatic hydroxyl groups is 1. The third-order valence-corrected chi connectivity index (χ3v) is 5.10. The standard InChI is InChI=1S/C17H24BNO6.C2H6/c1-16(2)17(3,4)25-18(24-16)11-6-7-13(14(8-11)22-5)19-9-12(10-20)23-15(19)21;1-2/h6-8,12,20H,9-10H2,1-5H3;1-2H3. The van der Waals surface area contributed by atoms with Crippen molar-refractivity contribution < 1.29 is 28.7 Å². The number of aliphatic hydroxyl groups excluding tert-OH is 1. The molecule has 1 unspecified atom stereocenters. The third kappa shape index (κ3) is 4.07. The molecule has 3 rings (SSSR count). The van der Waals surface area contributed by atoms with Crippen LogP contribution in [-0.2, 0) is 14.0 Å². The van der Waals surface area contributed by atoms with Gasteiger partial charge in [-0.05, 0) is 45.3 Å². The van der Waals surface area contributed by atoms with Crippen molar-refractivity contribution in [1.29, 1.82) is 0 Å². The number of benzene rings is 1. The Bertz CT molecular complexity index is 662. The summed E-state index contributed by atoms with van der Waals surface area (Å²) >= 11 is 0. The van der Waals surface area contributed by atoms with Crippen LogP contribution in [0.5, 0.6) is 5.75 Å². The highest BCUT2D eigenvalue weighted by Crippen LogP contribution is 2.37. The van der Waals surface area contributed by atoms with Crippen molar-refractivity contribution in [2.45, 2.75) is 58.8 Å². The molecule has 0 saturated carbocycles. The average Bonchev–Trinajstić information content (AvgIpc) is 3.12. The van der Waals surface area contributed by atoms with Gasteiger partial charge in [0.25, 0.3) is 0 Å². The van der Waals surface area contributed by atoms with Crippen LogP contribution in [0, 0.1) is 0 Å². The van der Waals surface area contributed by atoms with E-state index in [4.69, 9.17) is 18.8 Å². The van der Waals surface area contributed by atoms with Gasteiger partial charge < -0.3 is 23.9 Å². The fraction of sp³-hybridized carbons (Fsp3) is 0.632. The first kappa shape index (κ1) is 21.5. The molecule has 2 aliphatic heterocycles. The van der Waals surface area contributed by atoms with E-state index in [1.54, 1.807) is 12.1 Å². The average molecular weight is 379 g/mol. The monoisotopic (exact) mass is 379 g/mol. The maximum atomic E-state index is 12.0. The Hall–Kier alpha value is -1.77. The topological polar surface area (TPSA) is 77.5 Å². The number of hydrogen-bond acceptors (Lipinski definition) is 6. The van der Waals surface area contributed by atoms with Gasteiger partial charge in [-0.2, -0.15) is 0 Å². The number of ether oxygens (including phenoxy) is 2. The van der Waals surface area contributed by atoms with Crippen LogP contribution < -0.4 is 15.1 Å². The minimum absolute atomic E-state index is 0.212. The lowest BCUT2D eigenvalue weighted by Crippen LogP contribution is -2.41. The van der Waals surface area contributed by atoms with Gasteiger partial charge in [-0.1, -0.05) is 19.9 Å². The second kappa shape index (κ2) is 8.08. The lowest BCUT2D eigenvalue weighted by atomic mass is 9.79. The summed E-state index contributed by atoms with van der Waals surface area (Å²) in [5.74, 6) is 0.516. The van der Waals surface area contributed by atoms with Crippen molar-refractivity contribution >= 4 is 24.4 Å². The van der Waals surface area contributed by atoms with Crippen LogP contribution in [0.25, 0.3) is 0 Å². The van der Waals surface area contributed by atoms with Gasteiger partial charge in [-0.15, -0.1) is 0 Å². The van der Waals surface area contributed by atoms with Gasteiger partial charge in [0.2, 0.25) is 0 Å². The molecular formula is C19H30BNO6. The highest BCUT2D eigenvalue weighted by Gasteiger charge is 2.51. The Morgan fingerprint density at radius 2 is 1.81 bits per heavy atom. The summed E-state index contributed by atoms with van der Waals surface area (Å²) in [5.41, 5.74) is 0.530. The SMILES string of the molecule is CC.COc1cc(B2OC(C)(C)C(C)(C)O2)ccc1N1CC(CO)OC1=O. The molecule has 1 atom stereocenters. The van der Waals surface area contributed by atoms with Crippen LogP contribution in [0.15, 0.2) is 18.2 Å². The number of nitrogens with zero attached hydrogens (tertiary/aromatic N) is 1. The number of amides is 1. The first-order valence-electron chi connectivity index (χ1n) is 9.31. The highest BCUT2D eigenvalue weighted by molar-refractivity contribution is 6.62. The van der Waals surface area contributed by atoms with Crippen LogP contribution >= 0.6 is 0 Å². The molecule has 2 aliphatic rings.